The van der Waals surface area contributed by atoms with Crippen LogP contribution in [0, 0.1) is 12.8 Å². The number of halogens is 1. The standard InChI is InChI=1S/C19H28ClN3O2/c1-13(2)23-8-7-15(12-23)11-22(4)19(25)10-18(24)21-16-6-5-14(3)17(20)9-16/h5-6,9,13,15H,7-8,10-12H2,1-4H3,(H,21,24). The summed E-state index contributed by atoms with van der Waals surface area (Å²) in [6, 6.07) is 5.86. The van der Waals surface area contributed by atoms with Gasteiger partial charge < -0.3 is 15.1 Å². The van der Waals surface area contributed by atoms with Gasteiger partial charge in [0.2, 0.25) is 11.8 Å². The first kappa shape index (κ1) is 19.7. The van der Waals surface area contributed by atoms with Crippen molar-refractivity contribution in [2.45, 2.75) is 39.7 Å². The molecule has 1 fully saturated rings. The Labute approximate surface area is 155 Å². The number of carbonyl (C=O) groups is 2. The molecule has 0 aliphatic carbocycles. The molecule has 2 rings (SSSR count). The minimum Gasteiger partial charge on any atom is -0.345 e. The Morgan fingerprint density at radius 2 is 2.12 bits per heavy atom. The molecule has 1 aromatic rings. The topological polar surface area (TPSA) is 52.7 Å². The molecule has 0 saturated carbocycles. The molecule has 1 unspecified atom stereocenters. The third kappa shape index (κ3) is 5.72. The van der Waals surface area contributed by atoms with Gasteiger partial charge in [0, 0.05) is 36.9 Å². The van der Waals surface area contributed by atoms with Crippen LogP contribution in [0.25, 0.3) is 0 Å². The van der Waals surface area contributed by atoms with Gasteiger partial charge in [-0.1, -0.05) is 17.7 Å². The third-order valence-electron chi connectivity index (χ3n) is 4.77. The highest BCUT2D eigenvalue weighted by Gasteiger charge is 2.26. The zero-order chi connectivity index (χ0) is 18.6. The number of aryl methyl sites for hydroxylation is 1. The molecule has 1 N–H and O–H groups in total. The van der Waals surface area contributed by atoms with E-state index in [1.807, 2.05) is 13.0 Å². The zero-order valence-corrected chi connectivity index (χ0v) is 16.3. The predicted molar refractivity (Wildman–Crippen MR) is 102 cm³/mol. The monoisotopic (exact) mass is 365 g/mol. The van der Waals surface area contributed by atoms with E-state index in [1.165, 1.54) is 0 Å². The number of amides is 2. The lowest BCUT2D eigenvalue weighted by molar-refractivity contribution is -0.133. The largest absolute Gasteiger partial charge is 0.345 e. The Morgan fingerprint density at radius 1 is 1.40 bits per heavy atom. The van der Waals surface area contributed by atoms with Crippen LogP contribution in [0.2, 0.25) is 5.02 Å². The molecule has 5 nitrogen and oxygen atoms in total. The highest BCUT2D eigenvalue weighted by Crippen LogP contribution is 2.21. The van der Waals surface area contributed by atoms with Gasteiger partial charge in [-0.15, -0.1) is 0 Å². The smallest absolute Gasteiger partial charge is 0.233 e. The summed E-state index contributed by atoms with van der Waals surface area (Å²) in [4.78, 5) is 28.5. The summed E-state index contributed by atoms with van der Waals surface area (Å²) in [5.74, 6) is 0.0148. The molecule has 1 aliphatic heterocycles. The van der Waals surface area contributed by atoms with Crippen LogP contribution in [0.3, 0.4) is 0 Å². The quantitative estimate of drug-likeness (QED) is 0.788. The maximum absolute atomic E-state index is 12.3. The molecular formula is C19H28ClN3O2. The summed E-state index contributed by atoms with van der Waals surface area (Å²) >= 11 is 6.05. The number of likely N-dealkylation sites (tertiary alicyclic amines) is 1. The van der Waals surface area contributed by atoms with Crippen molar-refractivity contribution in [1.29, 1.82) is 0 Å². The van der Waals surface area contributed by atoms with Gasteiger partial charge in [-0.3, -0.25) is 9.59 Å². The van der Waals surface area contributed by atoms with Gasteiger partial charge in [-0.2, -0.15) is 0 Å². The first-order valence-electron chi connectivity index (χ1n) is 8.80. The van der Waals surface area contributed by atoms with E-state index >= 15 is 0 Å². The summed E-state index contributed by atoms with van der Waals surface area (Å²) in [7, 11) is 1.77. The van der Waals surface area contributed by atoms with E-state index in [0.717, 1.165) is 25.1 Å². The fourth-order valence-corrected chi connectivity index (χ4v) is 3.30. The lowest BCUT2D eigenvalue weighted by atomic mass is 10.1. The number of rotatable bonds is 6. The Balaban J connectivity index is 1.80. The van der Waals surface area contributed by atoms with E-state index in [-0.39, 0.29) is 18.2 Å². The van der Waals surface area contributed by atoms with Crippen molar-refractivity contribution in [1.82, 2.24) is 9.80 Å². The molecule has 0 aromatic heterocycles. The lowest BCUT2D eigenvalue weighted by Gasteiger charge is -2.23. The van der Waals surface area contributed by atoms with Crippen LogP contribution in [-0.4, -0.2) is 54.3 Å². The second-order valence-corrected chi connectivity index (χ2v) is 7.61. The van der Waals surface area contributed by atoms with Crippen LogP contribution in [-0.2, 0) is 9.59 Å². The van der Waals surface area contributed by atoms with E-state index in [1.54, 1.807) is 24.1 Å². The Kier molecular flexibility index (Phi) is 6.85. The van der Waals surface area contributed by atoms with Crippen molar-refractivity contribution in [3.63, 3.8) is 0 Å². The lowest BCUT2D eigenvalue weighted by Crippen LogP contribution is -2.36. The normalized spacial score (nSPS) is 17.8. The van der Waals surface area contributed by atoms with E-state index in [2.05, 4.69) is 24.1 Å². The van der Waals surface area contributed by atoms with E-state index < -0.39 is 0 Å². The molecule has 1 atom stereocenters. The van der Waals surface area contributed by atoms with Crippen molar-refractivity contribution in [2.24, 2.45) is 5.92 Å². The molecule has 1 heterocycles. The van der Waals surface area contributed by atoms with Crippen LogP contribution in [0.4, 0.5) is 5.69 Å². The maximum atomic E-state index is 12.3. The van der Waals surface area contributed by atoms with Crippen molar-refractivity contribution < 1.29 is 9.59 Å². The molecule has 1 aliphatic rings. The molecule has 6 heteroatoms. The fraction of sp³-hybridized carbons (Fsp3) is 0.579. The molecule has 2 amide bonds. The van der Waals surface area contributed by atoms with Gasteiger partial charge in [-0.05, 0) is 57.4 Å². The van der Waals surface area contributed by atoms with Crippen LogP contribution >= 0.6 is 11.6 Å². The van der Waals surface area contributed by atoms with Crippen molar-refractivity contribution in [3.8, 4) is 0 Å². The number of nitrogens with zero attached hydrogens (tertiary/aromatic N) is 2. The fourth-order valence-electron chi connectivity index (χ4n) is 3.12. The molecule has 1 aromatic carbocycles. The average Bonchev–Trinajstić information content (AvgIpc) is 2.99. The molecular weight excluding hydrogens is 338 g/mol. The molecule has 0 spiro atoms. The summed E-state index contributed by atoms with van der Waals surface area (Å²) in [5, 5.41) is 3.33. The minimum atomic E-state index is -0.313. The molecule has 0 bridgehead atoms. The number of hydrogen-bond donors (Lipinski definition) is 1. The zero-order valence-electron chi connectivity index (χ0n) is 15.5. The predicted octanol–water partition coefficient (Wildman–Crippen LogP) is 3.17. The van der Waals surface area contributed by atoms with E-state index in [0.29, 0.717) is 29.2 Å². The van der Waals surface area contributed by atoms with Crippen molar-refractivity contribution in [3.05, 3.63) is 28.8 Å². The molecule has 0 radical (unpaired) electrons. The highest BCUT2D eigenvalue weighted by molar-refractivity contribution is 6.31. The van der Waals surface area contributed by atoms with Crippen LogP contribution < -0.4 is 5.32 Å². The highest BCUT2D eigenvalue weighted by atomic mass is 35.5. The van der Waals surface area contributed by atoms with Gasteiger partial charge >= 0.3 is 0 Å². The second-order valence-electron chi connectivity index (χ2n) is 7.21. The average molecular weight is 366 g/mol. The van der Waals surface area contributed by atoms with Crippen LogP contribution in [0.15, 0.2) is 18.2 Å². The molecule has 1 saturated heterocycles. The number of carbonyl (C=O) groups excluding carboxylic acids is 2. The minimum absolute atomic E-state index is 0.150. The summed E-state index contributed by atoms with van der Waals surface area (Å²) in [6.45, 7) is 9.09. The van der Waals surface area contributed by atoms with Crippen LogP contribution in [0.1, 0.15) is 32.3 Å². The first-order chi connectivity index (χ1) is 11.8. The number of hydrogen-bond acceptors (Lipinski definition) is 3. The van der Waals surface area contributed by atoms with Crippen molar-refractivity contribution in [2.75, 3.05) is 32.0 Å². The summed E-state index contributed by atoms with van der Waals surface area (Å²) in [5.41, 5.74) is 1.56. The first-order valence-corrected chi connectivity index (χ1v) is 9.18. The molecule has 138 valence electrons. The summed E-state index contributed by atoms with van der Waals surface area (Å²) < 4.78 is 0. The van der Waals surface area contributed by atoms with Gasteiger partial charge in [0.05, 0.1) is 0 Å². The van der Waals surface area contributed by atoms with Gasteiger partial charge in [-0.25, -0.2) is 0 Å². The van der Waals surface area contributed by atoms with Gasteiger partial charge in [0.1, 0.15) is 6.42 Å². The third-order valence-corrected chi connectivity index (χ3v) is 5.18. The Hall–Kier alpha value is -1.59. The van der Waals surface area contributed by atoms with E-state index in [9.17, 15) is 9.59 Å². The summed E-state index contributed by atoms with van der Waals surface area (Å²) in [6.07, 6.45) is 0.951. The SMILES string of the molecule is Cc1ccc(NC(=O)CC(=O)N(C)CC2CCN(C(C)C)C2)cc1Cl. The molecule has 25 heavy (non-hydrogen) atoms. The maximum Gasteiger partial charge on any atom is 0.233 e. The van der Waals surface area contributed by atoms with Crippen molar-refractivity contribution >= 4 is 29.1 Å². The second kappa shape index (κ2) is 8.68. The number of benzene rings is 1. The number of nitrogens with one attached hydrogen (secondary N) is 1. The van der Waals surface area contributed by atoms with Crippen LogP contribution in [0.5, 0.6) is 0 Å². The van der Waals surface area contributed by atoms with Gasteiger partial charge in [0.25, 0.3) is 0 Å². The van der Waals surface area contributed by atoms with Gasteiger partial charge in [0.15, 0.2) is 0 Å². The Morgan fingerprint density at radius 3 is 2.72 bits per heavy atom. The Bertz CT molecular complexity index is 633. The van der Waals surface area contributed by atoms with E-state index in [4.69, 9.17) is 11.6 Å². The number of anilines is 1.